The summed E-state index contributed by atoms with van der Waals surface area (Å²) in [5.74, 6) is -1.87. The molecule has 1 saturated carbocycles. The van der Waals surface area contributed by atoms with Crippen LogP contribution in [0.4, 0.5) is 0 Å². The van der Waals surface area contributed by atoms with E-state index in [0.29, 0.717) is 0 Å². The molecule has 0 radical (unpaired) electrons. The summed E-state index contributed by atoms with van der Waals surface area (Å²) in [6, 6.07) is 0. The number of hydrogen-bond acceptors (Lipinski definition) is 2. The van der Waals surface area contributed by atoms with Gasteiger partial charge < -0.3 is 10.2 Å². The minimum atomic E-state index is -2.88. The van der Waals surface area contributed by atoms with Gasteiger partial charge in [0, 0.05) is 5.48 Å². The first kappa shape index (κ1) is 1.74. The van der Waals surface area contributed by atoms with Crippen LogP contribution in [0.1, 0.15) is 18.2 Å². The molecule has 3 heteroatoms. The van der Waals surface area contributed by atoms with E-state index in [4.69, 9.17) is 15.7 Å². The summed E-state index contributed by atoms with van der Waals surface area (Å²) in [7, 11) is 0. The second-order valence-corrected chi connectivity index (χ2v) is 1.27. The third-order valence-electron chi connectivity index (χ3n) is 0.671. The first-order valence-electron chi connectivity index (χ1n) is 3.65. The maximum atomic E-state index is 10.2. The molecule has 7 heavy (non-hydrogen) atoms. The van der Waals surface area contributed by atoms with Crippen LogP contribution < -0.4 is 0 Å². The van der Waals surface area contributed by atoms with E-state index in [1.165, 1.54) is 0 Å². The van der Waals surface area contributed by atoms with Crippen molar-refractivity contribution in [2.75, 3.05) is 0 Å². The van der Waals surface area contributed by atoms with Gasteiger partial charge in [-0.15, -0.1) is 0 Å². The molecule has 0 amide bonds. The molecular weight excluding hydrogens is 96.0 g/mol. The van der Waals surface area contributed by atoms with E-state index in [1.54, 1.807) is 0 Å². The van der Waals surface area contributed by atoms with Gasteiger partial charge in [-0.3, -0.25) is 0 Å². The standard InChI is InChI=1S/C4H6O3/c5-3(6)4(7)1-2-4/h7H,1-2H2,(H,5,6)/i1D2,2D2. The Morgan fingerprint density at radius 1 is 1.86 bits per heavy atom. The molecule has 0 aromatic rings. The quantitative estimate of drug-likeness (QED) is 0.478. The Balaban J connectivity index is 3.06. The summed E-state index contributed by atoms with van der Waals surface area (Å²) in [4.78, 5) is 10.2. The van der Waals surface area contributed by atoms with Gasteiger partial charge >= 0.3 is 5.97 Å². The highest BCUT2D eigenvalue weighted by atomic mass is 16.4. The molecule has 0 atom stereocenters. The van der Waals surface area contributed by atoms with Crippen molar-refractivity contribution in [1.82, 2.24) is 0 Å². The van der Waals surface area contributed by atoms with Gasteiger partial charge in [0.25, 0.3) is 0 Å². The summed E-state index contributed by atoms with van der Waals surface area (Å²) in [5, 5.41) is 17.2. The fraction of sp³-hybridized carbons (Fsp3) is 0.750. The fourth-order valence-corrected chi connectivity index (χ4v) is 0.166. The number of rotatable bonds is 1. The van der Waals surface area contributed by atoms with Crippen molar-refractivity contribution in [1.29, 1.82) is 0 Å². The second-order valence-electron chi connectivity index (χ2n) is 1.27. The molecule has 2 N–H and O–H groups in total. The Labute approximate surface area is 46.2 Å². The van der Waals surface area contributed by atoms with Crippen LogP contribution in [0.15, 0.2) is 0 Å². The van der Waals surface area contributed by atoms with E-state index in [-0.39, 0.29) is 0 Å². The number of carboxylic acids is 1. The molecular formula is C4H6O3. The van der Waals surface area contributed by atoms with Crippen LogP contribution in [0.3, 0.4) is 0 Å². The van der Waals surface area contributed by atoms with Crippen molar-refractivity contribution in [3.05, 3.63) is 0 Å². The van der Waals surface area contributed by atoms with Crippen molar-refractivity contribution < 1.29 is 20.5 Å². The first-order chi connectivity index (χ1) is 4.69. The topological polar surface area (TPSA) is 57.5 Å². The third-order valence-corrected chi connectivity index (χ3v) is 0.671. The largest absolute Gasteiger partial charge is 0.479 e. The summed E-state index contributed by atoms with van der Waals surface area (Å²) >= 11 is 0. The zero-order chi connectivity index (χ0) is 9.08. The van der Waals surface area contributed by atoms with Crippen molar-refractivity contribution in [3.63, 3.8) is 0 Å². The number of carboxylic acid groups (broad SMARTS) is 1. The summed E-state index contributed by atoms with van der Waals surface area (Å²) in [6.07, 6.45) is -5.38. The molecule has 0 aromatic carbocycles. The van der Waals surface area contributed by atoms with E-state index in [0.717, 1.165) is 0 Å². The average molecular weight is 106 g/mol. The van der Waals surface area contributed by atoms with Gasteiger partial charge in [0.1, 0.15) is 0 Å². The van der Waals surface area contributed by atoms with E-state index < -0.39 is 24.3 Å². The SMILES string of the molecule is [2H]C1([2H])C([2H])([2H])C1(O)C(=O)O. The number of aliphatic carboxylic acids is 1. The van der Waals surface area contributed by atoms with Crippen LogP contribution in [-0.2, 0) is 4.79 Å². The molecule has 0 unspecified atom stereocenters. The first-order valence-corrected chi connectivity index (χ1v) is 1.65. The minimum absolute atomic E-state index is 1.87. The maximum Gasteiger partial charge on any atom is 0.335 e. The third kappa shape index (κ3) is 0.587. The van der Waals surface area contributed by atoms with Crippen molar-refractivity contribution in [3.8, 4) is 0 Å². The molecule has 0 spiro atoms. The average Bonchev–Trinajstić information content (AvgIpc) is 2.11. The zero-order valence-corrected chi connectivity index (χ0v) is 3.30. The van der Waals surface area contributed by atoms with Crippen molar-refractivity contribution in [2.45, 2.75) is 18.3 Å². The van der Waals surface area contributed by atoms with Crippen LogP contribution in [-0.4, -0.2) is 21.8 Å². The van der Waals surface area contributed by atoms with Gasteiger partial charge in [-0.2, -0.15) is 0 Å². The molecule has 3 nitrogen and oxygen atoms in total. The highest BCUT2D eigenvalue weighted by Crippen LogP contribution is 2.34. The summed E-state index contributed by atoms with van der Waals surface area (Å²) in [6.45, 7) is 0. The highest BCUT2D eigenvalue weighted by molar-refractivity contribution is 5.80. The van der Waals surface area contributed by atoms with E-state index in [9.17, 15) is 4.79 Å². The van der Waals surface area contributed by atoms with Crippen LogP contribution in [0.5, 0.6) is 0 Å². The van der Waals surface area contributed by atoms with Crippen molar-refractivity contribution in [2.24, 2.45) is 0 Å². The van der Waals surface area contributed by atoms with Crippen LogP contribution in [0, 0.1) is 0 Å². The minimum Gasteiger partial charge on any atom is -0.479 e. The lowest BCUT2D eigenvalue weighted by atomic mass is 10.4. The molecule has 0 aliphatic heterocycles. The normalized spacial score (nSPS) is 47.0. The predicted molar refractivity (Wildman–Crippen MR) is 21.8 cm³/mol. The molecule has 0 saturated heterocycles. The molecule has 40 valence electrons. The molecule has 0 bridgehead atoms. The van der Waals surface area contributed by atoms with E-state index in [1.807, 2.05) is 0 Å². The van der Waals surface area contributed by atoms with E-state index in [2.05, 4.69) is 0 Å². The number of carbonyl (C=O) groups is 1. The van der Waals surface area contributed by atoms with E-state index >= 15 is 0 Å². The lowest BCUT2D eigenvalue weighted by Gasteiger charge is -1.94. The van der Waals surface area contributed by atoms with Gasteiger partial charge in [-0.05, 0) is 12.7 Å². The smallest absolute Gasteiger partial charge is 0.335 e. The Bertz CT molecular complexity index is 209. The molecule has 1 fully saturated rings. The maximum absolute atomic E-state index is 10.2. The molecule has 1 aliphatic carbocycles. The Morgan fingerprint density at radius 2 is 2.29 bits per heavy atom. The monoisotopic (exact) mass is 106 g/mol. The van der Waals surface area contributed by atoms with Gasteiger partial charge in [0.05, 0.1) is 0 Å². The fourth-order valence-electron chi connectivity index (χ4n) is 0.166. The summed E-state index contributed by atoms with van der Waals surface area (Å²) in [5.41, 5.74) is -2.88. The van der Waals surface area contributed by atoms with Crippen LogP contribution in [0.2, 0.25) is 0 Å². The highest BCUT2D eigenvalue weighted by Gasteiger charge is 2.48. The number of aliphatic hydroxyl groups is 1. The van der Waals surface area contributed by atoms with Crippen LogP contribution in [0.25, 0.3) is 0 Å². The Kier molecular flexibility index (Phi) is 0.244. The second kappa shape index (κ2) is 0.980. The Hall–Kier alpha value is -0.570. The molecule has 1 aliphatic rings. The zero-order valence-electron chi connectivity index (χ0n) is 7.30. The van der Waals surface area contributed by atoms with Gasteiger partial charge in [-0.25, -0.2) is 4.79 Å². The van der Waals surface area contributed by atoms with Crippen LogP contribution >= 0.6 is 0 Å². The van der Waals surface area contributed by atoms with Gasteiger partial charge in [-0.1, -0.05) is 0 Å². The van der Waals surface area contributed by atoms with Crippen molar-refractivity contribution >= 4 is 5.97 Å². The molecule has 1 rings (SSSR count). The number of hydrogen-bond donors (Lipinski definition) is 2. The molecule has 0 heterocycles. The summed E-state index contributed by atoms with van der Waals surface area (Å²) < 4.78 is 27.2. The Morgan fingerprint density at radius 3 is 2.29 bits per heavy atom. The van der Waals surface area contributed by atoms with Gasteiger partial charge in [0.15, 0.2) is 5.60 Å². The van der Waals surface area contributed by atoms with Gasteiger partial charge in [0.2, 0.25) is 0 Å². The predicted octanol–water partition coefficient (Wildman–Crippen LogP) is -0.404. The lowest BCUT2D eigenvalue weighted by Crippen LogP contribution is -2.20. The molecule has 0 aromatic heterocycles. The lowest BCUT2D eigenvalue weighted by molar-refractivity contribution is -0.148.